The quantitative estimate of drug-likeness (QED) is 0.745. The number of fused-ring (bicyclic) bond motifs is 2. The van der Waals surface area contributed by atoms with E-state index in [1.165, 1.54) is 6.07 Å². The molecule has 2 aliphatic rings. The lowest BCUT2D eigenvalue weighted by Crippen LogP contribution is -2.49. The Balaban J connectivity index is 1.72. The van der Waals surface area contributed by atoms with Gasteiger partial charge in [0.1, 0.15) is 5.60 Å². The van der Waals surface area contributed by atoms with Crippen molar-refractivity contribution in [3.63, 3.8) is 0 Å². The SMILES string of the molecule is CC(C)(C)OC(=O)N1C2CCC1CC(C(=O)c1ccc(F)c(F)c1)C2. The number of benzene rings is 1. The zero-order chi connectivity index (χ0) is 18.4. The van der Waals surface area contributed by atoms with Gasteiger partial charge in [0.05, 0.1) is 0 Å². The summed E-state index contributed by atoms with van der Waals surface area (Å²) in [5.74, 6) is -2.43. The summed E-state index contributed by atoms with van der Waals surface area (Å²) in [5, 5.41) is 0. The topological polar surface area (TPSA) is 46.6 Å². The van der Waals surface area contributed by atoms with Crippen LogP contribution >= 0.6 is 0 Å². The molecule has 2 heterocycles. The lowest BCUT2D eigenvalue weighted by Gasteiger charge is -2.39. The second-order valence-electron chi connectivity index (χ2n) is 7.93. The molecular formula is C19H23F2NO3. The van der Waals surface area contributed by atoms with Gasteiger partial charge in [-0.1, -0.05) is 0 Å². The van der Waals surface area contributed by atoms with E-state index >= 15 is 0 Å². The van der Waals surface area contributed by atoms with Crippen LogP contribution in [0.4, 0.5) is 13.6 Å². The molecule has 3 rings (SSSR count). The van der Waals surface area contributed by atoms with Crippen LogP contribution in [-0.4, -0.2) is 34.5 Å². The van der Waals surface area contributed by atoms with Crippen molar-refractivity contribution in [3.8, 4) is 0 Å². The number of ketones is 1. The Bertz CT molecular complexity index is 684. The van der Waals surface area contributed by atoms with Gasteiger partial charge in [-0.25, -0.2) is 13.6 Å². The zero-order valence-corrected chi connectivity index (χ0v) is 14.7. The number of Topliss-reactive ketones (excluding diaryl/α,β-unsaturated/α-hetero) is 1. The molecule has 4 nitrogen and oxygen atoms in total. The summed E-state index contributed by atoms with van der Waals surface area (Å²) in [6.45, 7) is 5.48. The molecule has 25 heavy (non-hydrogen) atoms. The Morgan fingerprint density at radius 3 is 2.20 bits per heavy atom. The fraction of sp³-hybridized carbons (Fsp3) is 0.579. The van der Waals surface area contributed by atoms with E-state index in [0.29, 0.717) is 12.8 Å². The van der Waals surface area contributed by atoms with Crippen molar-refractivity contribution in [1.29, 1.82) is 0 Å². The van der Waals surface area contributed by atoms with Crippen LogP contribution < -0.4 is 0 Å². The van der Waals surface area contributed by atoms with Gasteiger partial charge in [0.25, 0.3) is 0 Å². The van der Waals surface area contributed by atoms with Crippen LogP contribution in [0.2, 0.25) is 0 Å². The molecule has 0 saturated carbocycles. The maximum Gasteiger partial charge on any atom is 0.410 e. The second-order valence-corrected chi connectivity index (χ2v) is 7.93. The Morgan fingerprint density at radius 1 is 1.08 bits per heavy atom. The number of carbonyl (C=O) groups is 2. The first-order chi connectivity index (χ1) is 11.7. The van der Waals surface area contributed by atoms with E-state index in [0.717, 1.165) is 25.0 Å². The van der Waals surface area contributed by atoms with E-state index in [9.17, 15) is 18.4 Å². The number of amides is 1. The predicted octanol–water partition coefficient (Wildman–Crippen LogP) is 4.33. The third kappa shape index (κ3) is 3.67. The highest BCUT2D eigenvalue weighted by Gasteiger charge is 2.46. The van der Waals surface area contributed by atoms with Crippen molar-refractivity contribution < 1.29 is 23.1 Å². The molecule has 0 spiro atoms. The summed E-state index contributed by atoms with van der Waals surface area (Å²) >= 11 is 0. The van der Waals surface area contributed by atoms with Crippen LogP contribution in [-0.2, 0) is 4.74 Å². The summed E-state index contributed by atoms with van der Waals surface area (Å²) in [4.78, 5) is 26.9. The van der Waals surface area contributed by atoms with E-state index in [1.54, 1.807) is 4.90 Å². The van der Waals surface area contributed by atoms with Crippen molar-refractivity contribution in [2.24, 2.45) is 5.92 Å². The number of carbonyl (C=O) groups excluding carboxylic acids is 2. The average Bonchev–Trinajstić information content (AvgIpc) is 2.78. The Labute approximate surface area is 146 Å². The van der Waals surface area contributed by atoms with Crippen molar-refractivity contribution in [2.75, 3.05) is 0 Å². The highest BCUT2D eigenvalue weighted by molar-refractivity contribution is 5.98. The van der Waals surface area contributed by atoms with Crippen LogP contribution in [0.15, 0.2) is 18.2 Å². The highest BCUT2D eigenvalue weighted by atomic mass is 19.2. The molecule has 2 aliphatic heterocycles. The first-order valence-electron chi connectivity index (χ1n) is 8.66. The first-order valence-corrected chi connectivity index (χ1v) is 8.66. The smallest absolute Gasteiger partial charge is 0.410 e. The second kappa shape index (κ2) is 6.39. The van der Waals surface area contributed by atoms with Gasteiger partial charge in [0.2, 0.25) is 0 Å². The van der Waals surface area contributed by atoms with Crippen LogP contribution in [0.3, 0.4) is 0 Å². The number of ether oxygens (including phenoxy) is 1. The fourth-order valence-corrected chi connectivity index (χ4v) is 3.89. The zero-order valence-electron chi connectivity index (χ0n) is 14.7. The maximum absolute atomic E-state index is 13.4. The van der Waals surface area contributed by atoms with Crippen LogP contribution in [0, 0.1) is 17.6 Å². The van der Waals surface area contributed by atoms with E-state index in [4.69, 9.17) is 4.74 Å². The van der Waals surface area contributed by atoms with Gasteiger partial charge in [0.15, 0.2) is 17.4 Å². The molecule has 1 aromatic rings. The molecule has 0 radical (unpaired) electrons. The Hall–Kier alpha value is -1.98. The van der Waals surface area contributed by atoms with Gasteiger partial charge in [-0.05, 0) is 64.7 Å². The van der Waals surface area contributed by atoms with Gasteiger partial charge < -0.3 is 9.64 Å². The van der Waals surface area contributed by atoms with Crippen LogP contribution in [0.5, 0.6) is 0 Å². The largest absolute Gasteiger partial charge is 0.444 e. The molecule has 1 aromatic carbocycles. The van der Waals surface area contributed by atoms with Crippen molar-refractivity contribution in [2.45, 2.75) is 64.1 Å². The maximum atomic E-state index is 13.4. The molecule has 2 saturated heterocycles. The molecule has 2 fully saturated rings. The fourth-order valence-electron chi connectivity index (χ4n) is 3.89. The number of hydrogen-bond acceptors (Lipinski definition) is 3. The third-order valence-corrected chi connectivity index (χ3v) is 4.91. The summed E-state index contributed by atoms with van der Waals surface area (Å²) in [6.07, 6.45) is 2.41. The van der Waals surface area contributed by atoms with Crippen molar-refractivity contribution >= 4 is 11.9 Å². The first kappa shape index (κ1) is 17.8. The third-order valence-electron chi connectivity index (χ3n) is 4.91. The van der Waals surface area contributed by atoms with E-state index in [-0.39, 0.29) is 35.4 Å². The molecule has 6 heteroatoms. The van der Waals surface area contributed by atoms with Gasteiger partial charge >= 0.3 is 6.09 Å². The van der Waals surface area contributed by atoms with Gasteiger partial charge in [-0.3, -0.25) is 4.79 Å². The summed E-state index contributed by atoms with van der Waals surface area (Å²) < 4.78 is 31.9. The molecule has 0 aliphatic carbocycles. The monoisotopic (exact) mass is 351 g/mol. The minimum atomic E-state index is -1.01. The van der Waals surface area contributed by atoms with Crippen LogP contribution in [0.1, 0.15) is 56.8 Å². The van der Waals surface area contributed by atoms with Gasteiger partial charge in [-0.2, -0.15) is 0 Å². The minimum Gasteiger partial charge on any atom is -0.444 e. The molecule has 1 amide bonds. The number of rotatable bonds is 2. The normalized spacial score (nSPS) is 25.8. The lowest BCUT2D eigenvalue weighted by atomic mass is 9.85. The molecule has 2 unspecified atom stereocenters. The minimum absolute atomic E-state index is 0.0344. The van der Waals surface area contributed by atoms with E-state index in [1.807, 2.05) is 20.8 Å². The Kier molecular flexibility index (Phi) is 4.56. The number of halogens is 2. The van der Waals surface area contributed by atoms with Crippen molar-refractivity contribution in [1.82, 2.24) is 4.90 Å². The van der Waals surface area contributed by atoms with Crippen LogP contribution in [0.25, 0.3) is 0 Å². The number of nitrogens with zero attached hydrogens (tertiary/aromatic N) is 1. The summed E-state index contributed by atoms with van der Waals surface area (Å²) in [7, 11) is 0. The average molecular weight is 351 g/mol. The standard InChI is InChI=1S/C19H23F2NO3/c1-19(2,3)25-18(24)22-13-5-6-14(22)9-12(8-13)17(23)11-4-7-15(20)16(21)10-11/h4,7,10,12-14H,5-6,8-9H2,1-3H3. The molecule has 0 N–H and O–H groups in total. The Morgan fingerprint density at radius 2 is 1.68 bits per heavy atom. The molecule has 2 bridgehead atoms. The summed E-state index contributed by atoms with van der Waals surface area (Å²) in [6, 6.07) is 3.19. The molecule has 2 atom stereocenters. The van der Waals surface area contributed by atoms with Gasteiger partial charge in [-0.15, -0.1) is 0 Å². The molecule has 136 valence electrons. The van der Waals surface area contributed by atoms with E-state index < -0.39 is 17.2 Å². The van der Waals surface area contributed by atoms with E-state index in [2.05, 4.69) is 0 Å². The predicted molar refractivity (Wildman–Crippen MR) is 88.3 cm³/mol. The summed E-state index contributed by atoms with van der Waals surface area (Å²) in [5.41, 5.74) is -0.372. The lowest BCUT2D eigenvalue weighted by molar-refractivity contribution is 0.00254. The highest BCUT2D eigenvalue weighted by Crippen LogP contribution is 2.40. The number of hydrogen-bond donors (Lipinski definition) is 0. The number of piperidine rings is 1. The van der Waals surface area contributed by atoms with Crippen molar-refractivity contribution in [3.05, 3.63) is 35.4 Å². The molecule has 0 aromatic heterocycles. The molecular weight excluding hydrogens is 328 g/mol. The van der Waals surface area contributed by atoms with Gasteiger partial charge in [0, 0.05) is 23.6 Å².